The van der Waals surface area contributed by atoms with Gasteiger partial charge in [0, 0.05) is 6.07 Å². The van der Waals surface area contributed by atoms with E-state index in [2.05, 4.69) is 15.9 Å². The van der Waals surface area contributed by atoms with Gasteiger partial charge >= 0.3 is 5.69 Å². The van der Waals surface area contributed by atoms with Crippen molar-refractivity contribution in [2.75, 3.05) is 7.11 Å². The van der Waals surface area contributed by atoms with Crippen molar-refractivity contribution >= 4 is 21.6 Å². The SMILES string of the molecule is COc1ccc(Oc2cc(C)ccc2[N+](=O)[O-])c(Br)c1. The zero-order valence-electron chi connectivity index (χ0n) is 10.9. The van der Waals surface area contributed by atoms with Crippen LogP contribution in [0.5, 0.6) is 17.2 Å². The van der Waals surface area contributed by atoms with Crippen LogP contribution in [0.2, 0.25) is 0 Å². The molecule has 104 valence electrons. The Bertz CT molecular complexity index is 658. The van der Waals surface area contributed by atoms with Gasteiger partial charge in [0.15, 0.2) is 0 Å². The molecule has 5 nitrogen and oxygen atoms in total. The summed E-state index contributed by atoms with van der Waals surface area (Å²) in [4.78, 5) is 10.5. The molecule has 2 aromatic rings. The minimum Gasteiger partial charge on any atom is -0.497 e. The van der Waals surface area contributed by atoms with Crippen LogP contribution in [0.15, 0.2) is 40.9 Å². The number of methoxy groups -OCH3 is 1. The fourth-order valence-corrected chi connectivity index (χ4v) is 2.10. The van der Waals surface area contributed by atoms with E-state index in [-0.39, 0.29) is 11.4 Å². The molecular formula is C14H12BrNO4. The van der Waals surface area contributed by atoms with Crippen molar-refractivity contribution in [1.29, 1.82) is 0 Å². The lowest BCUT2D eigenvalue weighted by molar-refractivity contribution is -0.385. The molecule has 0 aliphatic carbocycles. The topological polar surface area (TPSA) is 61.6 Å². The van der Waals surface area contributed by atoms with Gasteiger partial charge in [-0.05, 0) is 52.7 Å². The van der Waals surface area contributed by atoms with E-state index in [9.17, 15) is 10.1 Å². The van der Waals surface area contributed by atoms with E-state index in [0.29, 0.717) is 16.0 Å². The highest BCUT2D eigenvalue weighted by atomic mass is 79.9. The second kappa shape index (κ2) is 5.92. The van der Waals surface area contributed by atoms with E-state index in [0.717, 1.165) is 5.56 Å². The summed E-state index contributed by atoms with van der Waals surface area (Å²) in [7, 11) is 1.56. The lowest BCUT2D eigenvalue weighted by Crippen LogP contribution is -1.94. The maximum Gasteiger partial charge on any atom is 0.311 e. The van der Waals surface area contributed by atoms with Crippen LogP contribution < -0.4 is 9.47 Å². The average Bonchev–Trinajstić information content (AvgIpc) is 2.40. The van der Waals surface area contributed by atoms with Crippen molar-refractivity contribution in [1.82, 2.24) is 0 Å². The van der Waals surface area contributed by atoms with Gasteiger partial charge in [0.1, 0.15) is 11.5 Å². The summed E-state index contributed by atoms with van der Waals surface area (Å²) >= 11 is 3.35. The van der Waals surface area contributed by atoms with Crippen molar-refractivity contribution in [3.8, 4) is 17.2 Å². The van der Waals surface area contributed by atoms with Crippen molar-refractivity contribution in [3.63, 3.8) is 0 Å². The number of halogens is 1. The zero-order valence-corrected chi connectivity index (χ0v) is 12.5. The molecule has 0 aliphatic rings. The fourth-order valence-electron chi connectivity index (χ4n) is 1.66. The predicted molar refractivity (Wildman–Crippen MR) is 78.6 cm³/mol. The lowest BCUT2D eigenvalue weighted by atomic mass is 10.2. The molecule has 0 radical (unpaired) electrons. The molecule has 0 aromatic heterocycles. The number of nitro benzene ring substituents is 1. The van der Waals surface area contributed by atoms with Crippen molar-refractivity contribution in [2.45, 2.75) is 6.92 Å². The third kappa shape index (κ3) is 3.08. The third-order valence-electron chi connectivity index (χ3n) is 2.67. The van der Waals surface area contributed by atoms with E-state index < -0.39 is 4.92 Å². The van der Waals surface area contributed by atoms with E-state index in [1.807, 2.05) is 6.92 Å². The quantitative estimate of drug-likeness (QED) is 0.610. The molecule has 0 N–H and O–H groups in total. The Balaban J connectivity index is 2.39. The largest absolute Gasteiger partial charge is 0.497 e. The molecule has 0 heterocycles. The van der Waals surface area contributed by atoms with Gasteiger partial charge in [-0.25, -0.2) is 0 Å². The molecule has 0 amide bonds. The molecule has 0 saturated heterocycles. The maximum absolute atomic E-state index is 11.0. The average molecular weight is 338 g/mol. The minimum absolute atomic E-state index is 0.0710. The van der Waals surface area contributed by atoms with Crippen LogP contribution in [0.1, 0.15) is 5.56 Å². The smallest absolute Gasteiger partial charge is 0.311 e. The zero-order chi connectivity index (χ0) is 14.7. The molecule has 0 bridgehead atoms. The molecule has 2 aromatic carbocycles. The Morgan fingerprint density at radius 1 is 1.15 bits per heavy atom. The molecular weight excluding hydrogens is 326 g/mol. The van der Waals surface area contributed by atoms with Gasteiger partial charge in [-0.3, -0.25) is 10.1 Å². The van der Waals surface area contributed by atoms with Crippen LogP contribution >= 0.6 is 15.9 Å². The molecule has 6 heteroatoms. The first kappa shape index (κ1) is 14.3. The Hall–Kier alpha value is -2.08. The number of hydrogen-bond donors (Lipinski definition) is 0. The summed E-state index contributed by atoms with van der Waals surface area (Å²) in [5.74, 6) is 1.36. The first-order valence-corrected chi connectivity index (χ1v) is 6.57. The van der Waals surface area contributed by atoms with Gasteiger partial charge in [0.05, 0.1) is 16.5 Å². The minimum atomic E-state index is -0.466. The molecule has 0 unspecified atom stereocenters. The van der Waals surface area contributed by atoms with Crippen LogP contribution in [0.25, 0.3) is 0 Å². The molecule has 0 aliphatic heterocycles. The maximum atomic E-state index is 11.0. The summed E-state index contributed by atoms with van der Waals surface area (Å²) < 4.78 is 11.4. The van der Waals surface area contributed by atoms with Crippen molar-refractivity contribution < 1.29 is 14.4 Å². The monoisotopic (exact) mass is 337 g/mol. The number of benzene rings is 2. The van der Waals surface area contributed by atoms with Gasteiger partial charge in [-0.2, -0.15) is 0 Å². The Morgan fingerprint density at radius 2 is 1.90 bits per heavy atom. The van der Waals surface area contributed by atoms with Gasteiger partial charge in [0.2, 0.25) is 5.75 Å². The molecule has 0 fully saturated rings. The number of hydrogen-bond acceptors (Lipinski definition) is 4. The normalized spacial score (nSPS) is 10.2. The molecule has 2 rings (SSSR count). The van der Waals surface area contributed by atoms with E-state index >= 15 is 0 Å². The molecule has 0 saturated carbocycles. The lowest BCUT2D eigenvalue weighted by Gasteiger charge is -2.10. The highest BCUT2D eigenvalue weighted by Gasteiger charge is 2.16. The molecule has 20 heavy (non-hydrogen) atoms. The van der Waals surface area contributed by atoms with Crippen LogP contribution in [0.4, 0.5) is 5.69 Å². The second-order valence-corrected chi connectivity index (χ2v) is 4.98. The summed E-state index contributed by atoms with van der Waals surface area (Å²) in [6.45, 7) is 1.85. The third-order valence-corrected chi connectivity index (χ3v) is 3.29. The number of ether oxygens (including phenoxy) is 2. The number of aryl methyl sites for hydroxylation is 1. The first-order chi connectivity index (χ1) is 9.51. The number of nitro groups is 1. The predicted octanol–water partition coefficient (Wildman–Crippen LogP) is 4.47. The number of rotatable bonds is 4. The van der Waals surface area contributed by atoms with Crippen LogP contribution in [-0.2, 0) is 0 Å². The highest BCUT2D eigenvalue weighted by molar-refractivity contribution is 9.10. The summed E-state index contributed by atoms with van der Waals surface area (Å²) in [5.41, 5.74) is 0.813. The van der Waals surface area contributed by atoms with Gasteiger partial charge in [-0.1, -0.05) is 6.07 Å². The molecule has 0 atom stereocenters. The van der Waals surface area contributed by atoms with E-state index in [4.69, 9.17) is 9.47 Å². The van der Waals surface area contributed by atoms with E-state index in [1.165, 1.54) is 6.07 Å². The number of nitrogens with zero attached hydrogens (tertiary/aromatic N) is 1. The Morgan fingerprint density at radius 3 is 2.50 bits per heavy atom. The highest BCUT2D eigenvalue weighted by Crippen LogP contribution is 2.37. The standard InChI is InChI=1S/C14H12BrNO4/c1-9-3-5-12(16(17)18)14(7-9)20-13-6-4-10(19-2)8-11(13)15/h3-8H,1-2H3. The Kier molecular flexibility index (Phi) is 4.24. The van der Waals surface area contributed by atoms with Gasteiger partial charge in [0.25, 0.3) is 0 Å². The van der Waals surface area contributed by atoms with E-state index in [1.54, 1.807) is 37.4 Å². The second-order valence-electron chi connectivity index (χ2n) is 4.13. The molecule has 0 spiro atoms. The summed E-state index contributed by atoms with van der Waals surface area (Å²) in [6.07, 6.45) is 0. The van der Waals surface area contributed by atoms with Crippen LogP contribution in [-0.4, -0.2) is 12.0 Å². The summed E-state index contributed by atoms with van der Waals surface area (Å²) in [5, 5.41) is 11.0. The van der Waals surface area contributed by atoms with Crippen molar-refractivity contribution in [2.24, 2.45) is 0 Å². The van der Waals surface area contributed by atoms with Crippen molar-refractivity contribution in [3.05, 3.63) is 56.5 Å². The van der Waals surface area contributed by atoms with Crippen LogP contribution in [0.3, 0.4) is 0 Å². The van der Waals surface area contributed by atoms with Gasteiger partial charge < -0.3 is 9.47 Å². The van der Waals surface area contributed by atoms with Gasteiger partial charge in [-0.15, -0.1) is 0 Å². The van der Waals surface area contributed by atoms with Crippen LogP contribution in [0, 0.1) is 17.0 Å². The summed E-state index contributed by atoms with van der Waals surface area (Å²) in [6, 6.07) is 9.89. The fraction of sp³-hybridized carbons (Fsp3) is 0.143. The Labute approximate surface area is 124 Å². The first-order valence-electron chi connectivity index (χ1n) is 5.77.